The van der Waals surface area contributed by atoms with Gasteiger partial charge >= 0.3 is 0 Å². The third-order valence-electron chi connectivity index (χ3n) is 2.89. The molecule has 0 radical (unpaired) electrons. The molecule has 0 bridgehead atoms. The molecule has 2 nitrogen and oxygen atoms in total. The molecule has 0 saturated carbocycles. The van der Waals surface area contributed by atoms with Crippen molar-refractivity contribution in [3.8, 4) is 0 Å². The molecule has 0 unspecified atom stereocenters. The van der Waals surface area contributed by atoms with E-state index in [4.69, 9.17) is 4.42 Å². The highest BCUT2D eigenvalue weighted by Crippen LogP contribution is 2.21. The first-order valence-corrected chi connectivity index (χ1v) is 6.09. The maximum absolute atomic E-state index is 5.48. The average Bonchev–Trinajstić information content (AvgIpc) is 2.63. The van der Waals surface area contributed by atoms with E-state index in [2.05, 4.69) is 27.3 Å². The van der Waals surface area contributed by atoms with E-state index in [1.54, 1.807) is 0 Å². The molecule has 1 aromatic rings. The van der Waals surface area contributed by atoms with Gasteiger partial charge in [-0.3, -0.25) is 0 Å². The fourth-order valence-corrected chi connectivity index (χ4v) is 2.34. The molecule has 0 amide bonds. The molecule has 0 aromatic carbocycles. The number of aryl methyl sites for hydroxylation is 1. The molecule has 78 valence electrons. The van der Waals surface area contributed by atoms with Crippen LogP contribution in [0.25, 0.3) is 0 Å². The highest BCUT2D eigenvalue weighted by Gasteiger charge is 2.13. The first kappa shape index (κ1) is 10.2. The number of halogens is 1. The minimum Gasteiger partial charge on any atom is -0.454 e. The predicted octanol–water partition coefficient (Wildman–Crippen LogP) is 2.97. The number of piperidine rings is 1. The highest BCUT2D eigenvalue weighted by atomic mass is 79.9. The summed E-state index contributed by atoms with van der Waals surface area (Å²) in [7, 11) is 0. The zero-order chi connectivity index (χ0) is 9.80. The van der Waals surface area contributed by atoms with Crippen LogP contribution in [0.2, 0.25) is 0 Å². The first-order valence-electron chi connectivity index (χ1n) is 5.29. The van der Waals surface area contributed by atoms with Crippen LogP contribution >= 0.6 is 15.9 Å². The molecule has 0 aliphatic carbocycles. The van der Waals surface area contributed by atoms with Gasteiger partial charge in [-0.25, -0.2) is 0 Å². The Kier molecular flexibility index (Phi) is 3.65. The molecule has 0 atom stereocenters. The Morgan fingerprint density at radius 3 is 2.79 bits per heavy atom. The summed E-state index contributed by atoms with van der Waals surface area (Å²) < 4.78 is 6.32. The second-order valence-corrected chi connectivity index (χ2v) is 4.72. The zero-order valence-corrected chi connectivity index (χ0v) is 9.85. The van der Waals surface area contributed by atoms with Gasteiger partial charge in [-0.15, -0.1) is 0 Å². The van der Waals surface area contributed by atoms with Crippen molar-refractivity contribution in [2.75, 3.05) is 13.1 Å². The van der Waals surface area contributed by atoms with E-state index < -0.39 is 0 Å². The van der Waals surface area contributed by atoms with E-state index in [1.807, 2.05) is 6.07 Å². The minimum atomic E-state index is 0.845. The van der Waals surface area contributed by atoms with Gasteiger partial charge in [-0.1, -0.05) is 0 Å². The lowest BCUT2D eigenvalue weighted by atomic mass is 9.93. The lowest BCUT2D eigenvalue weighted by molar-refractivity contribution is 0.343. The second-order valence-electron chi connectivity index (χ2n) is 3.94. The molecule has 1 fully saturated rings. The summed E-state index contributed by atoms with van der Waals surface area (Å²) in [4.78, 5) is 0. The summed E-state index contributed by atoms with van der Waals surface area (Å²) >= 11 is 3.32. The number of hydrogen-bond donors (Lipinski definition) is 1. The molecule has 1 aliphatic heterocycles. The maximum atomic E-state index is 5.48. The summed E-state index contributed by atoms with van der Waals surface area (Å²) in [5.41, 5.74) is 0. The molecular formula is C11H16BrNO. The number of nitrogens with one attached hydrogen (secondary N) is 1. The molecule has 2 heterocycles. The Morgan fingerprint density at radius 1 is 1.36 bits per heavy atom. The second kappa shape index (κ2) is 4.99. The van der Waals surface area contributed by atoms with Crippen LogP contribution in [0.4, 0.5) is 0 Å². The molecule has 1 aliphatic rings. The fraction of sp³-hybridized carbons (Fsp3) is 0.636. The first-order chi connectivity index (χ1) is 6.84. The van der Waals surface area contributed by atoms with E-state index in [9.17, 15) is 0 Å². The van der Waals surface area contributed by atoms with Crippen molar-refractivity contribution in [3.05, 3.63) is 22.6 Å². The largest absolute Gasteiger partial charge is 0.454 e. The van der Waals surface area contributed by atoms with E-state index in [-0.39, 0.29) is 0 Å². The molecule has 3 heteroatoms. The third-order valence-corrected chi connectivity index (χ3v) is 3.31. The Bertz CT molecular complexity index is 279. The van der Waals surface area contributed by atoms with Gasteiger partial charge in [-0.2, -0.15) is 0 Å². The van der Waals surface area contributed by atoms with Gasteiger partial charge in [0.25, 0.3) is 0 Å². The van der Waals surface area contributed by atoms with Crippen molar-refractivity contribution < 1.29 is 4.42 Å². The van der Waals surface area contributed by atoms with Crippen LogP contribution in [0.15, 0.2) is 21.2 Å². The van der Waals surface area contributed by atoms with Crippen LogP contribution in [0.1, 0.15) is 25.0 Å². The lowest BCUT2D eigenvalue weighted by Gasteiger charge is -2.21. The van der Waals surface area contributed by atoms with Gasteiger partial charge in [0, 0.05) is 6.42 Å². The quantitative estimate of drug-likeness (QED) is 0.901. The normalized spacial score (nSPS) is 18.6. The van der Waals surface area contributed by atoms with Gasteiger partial charge < -0.3 is 9.73 Å². The van der Waals surface area contributed by atoms with Gasteiger partial charge in [0.1, 0.15) is 5.76 Å². The number of hydrogen-bond acceptors (Lipinski definition) is 2. The van der Waals surface area contributed by atoms with Crippen LogP contribution in [0.3, 0.4) is 0 Å². The van der Waals surface area contributed by atoms with Crippen molar-refractivity contribution in [2.24, 2.45) is 5.92 Å². The summed E-state index contributed by atoms with van der Waals surface area (Å²) in [5.74, 6) is 2.00. The predicted molar refractivity (Wildman–Crippen MR) is 60.3 cm³/mol. The average molecular weight is 258 g/mol. The molecule has 1 aromatic heterocycles. The number of rotatable bonds is 3. The Labute approximate surface area is 93.2 Å². The zero-order valence-electron chi connectivity index (χ0n) is 8.26. The van der Waals surface area contributed by atoms with Crippen molar-refractivity contribution in [3.63, 3.8) is 0 Å². The summed E-state index contributed by atoms with van der Waals surface area (Å²) in [6.45, 7) is 2.37. The van der Waals surface area contributed by atoms with Gasteiger partial charge in [0.05, 0.1) is 0 Å². The summed E-state index contributed by atoms with van der Waals surface area (Å²) in [6.07, 6.45) is 4.99. The molecular weight excluding hydrogens is 242 g/mol. The van der Waals surface area contributed by atoms with Crippen LogP contribution < -0.4 is 5.32 Å². The molecule has 2 rings (SSSR count). The SMILES string of the molecule is Brc1ccc(CCC2CCNCC2)o1. The van der Waals surface area contributed by atoms with Crippen molar-refractivity contribution in [1.29, 1.82) is 0 Å². The minimum absolute atomic E-state index is 0.845. The Balaban J connectivity index is 1.76. The summed E-state index contributed by atoms with van der Waals surface area (Å²) in [5, 5.41) is 3.39. The van der Waals surface area contributed by atoms with Gasteiger partial charge in [0.15, 0.2) is 4.67 Å². The van der Waals surface area contributed by atoms with Crippen LogP contribution in [0, 0.1) is 5.92 Å². The highest BCUT2D eigenvalue weighted by molar-refractivity contribution is 9.10. The Morgan fingerprint density at radius 2 is 2.14 bits per heavy atom. The molecule has 1 N–H and O–H groups in total. The summed E-state index contributed by atoms with van der Waals surface area (Å²) in [6, 6.07) is 4.03. The Hall–Kier alpha value is -0.280. The lowest BCUT2D eigenvalue weighted by Crippen LogP contribution is -2.27. The van der Waals surface area contributed by atoms with Crippen LogP contribution in [0.5, 0.6) is 0 Å². The number of furan rings is 1. The van der Waals surface area contributed by atoms with Crippen molar-refractivity contribution in [2.45, 2.75) is 25.7 Å². The standard InChI is InChI=1S/C11H16BrNO/c12-11-4-3-10(14-11)2-1-9-5-7-13-8-6-9/h3-4,9,13H,1-2,5-8H2. The monoisotopic (exact) mass is 257 g/mol. The topological polar surface area (TPSA) is 25.2 Å². The smallest absolute Gasteiger partial charge is 0.169 e. The molecule has 1 saturated heterocycles. The van der Waals surface area contributed by atoms with Crippen molar-refractivity contribution in [1.82, 2.24) is 5.32 Å². The van der Waals surface area contributed by atoms with Gasteiger partial charge in [0.2, 0.25) is 0 Å². The van der Waals surface area contributed by atoms with E-state index in [0.717, 1.165) is 22.8 Å². The third kappa shape index (κ3) is 2.85. The molecule has 0 spiro atoms. The van der Waals surface area contributed by atoms with Gasteiger partial charge in [-0.05, 0) is 66.3 Å². The molecule has 14 heavy (non-hydrogen) atoms. The van der Waals surface area contributed by atoms with E-state index in [0.29, 0.717) is 0 Å². The van der Waals surface area contributed by atoms with E-state index in [1.165, 1.54) is 32.4 Å². The van der Waals surface area contributed by atoms with Crippen molar-refractivity contribution >= 4 is 15.9 Å². The van der Waals surface area contributed by atoms with Crippen LogP contribution in [-0.2, 0) is 6.42 Å². The van der Waals surface area contributed by atoms with Crippen LogP contribution in [-0.4, -0.2) is 13.1 Å². The fourth-order valence-electron chi connectivity index (χ4n) is 2.00. The maximum Gasteiger partial charge on any atom is 0.169 e. The van der Waals surface area contributed by atoms with E-state index >= 15 is 0 Å².